The summed E-state index contributed by atoms with van der Waals surface area (Å²) in [6.45, 7) is 0.388. The van der Waals surface area contributed by atoms with E-state index in [1.54, 1.807) is 24.3 Å². The highest BCUT2D eigenvalue weighted by atomic mass is 19.4. The molecule has 0 radical (unpaired) electrons. The van der Waals surface area contributed by atoms with E-state index in [0.29, 0.717) is 36.5 Å². The third kappa shape index (κ3) is 4.21. The zero-order chi connectivity index (χ0) is 22.2. The van der Waals surface area contributed by atoms with Gasteiger partial charge in [0.1, 0.15) is 17.6 Å². The lowest BCUT2D eigenvalue weighted by molar-refractivity contribution is -0.216. The van der Waals surface area contributed by atoms with E-state index in [1.807, 2.05) is 6.07 Å². The summed E-state index contributed by atoms with van der Waals surface area (Å²) in [4.78, 5) is 11.6. The van der Waals surface area contributed by atoms with Crippen LogP contribution in [0.5, 0.6) is 11.5 Å². The summed E-state index contributed by atoms with van der Waals surface area (Å²) in [5, 5.41) is 0. The summed E-state index contributed by atoms with van der Waals surface area (Å²) in [5.41, 5.74) is 2.43. The molecular weight excluding hydrogens is 413 g/mol. The van der Waals surface area contributed by atoms with Gasteiger partial charge in [-0.25, -0.2) is 0 Å². The van der Waals surface area contributed by atoms with E-state index in [2.05, 4.69) is 0 Å². The minimum Gasteiger partial charge on any atom is -0.492 e. The largest absolute Gasteiger partial charge is 0.492 e. The molecule has 31 heavy (non-hydrogen) atoms. The number of ether oxygens (including phenoxy) is 4. The smallest absolute Gasteiger partial charge is 0.418 e. The van der Waals surface area contributed by atoms with E-state index < -0.39 is 12.3 Å². The molecule has 0 unspecified atom stereocenters. The molecule has 5 nitrogen and oxygen atoms in total. The lowest BCUT2D eigenvalue weighted by Gasteiger charge is -2.22. The molecule has 0 N–H and O–H groups in total. The first-order valence-corrected chi connectivity index (χ1v) is 10.0. The molecule has 0 saturated heterocycles. The predicted molar refractivity (Wildman–Crippen MR) is 105 cm³/mol. The summed E-state index contributed by atoms with van der Waals surface area (Å²) in [5.74, 6) is 0.850. The van der Waals surface area contributed by atoms with Crippen molar-refractivity contribution in [1.82, 2.24) is 0 Å². The number of methoxy groups -OCH3 is 2. The third-order valence-corrected chi connectivity index (χ3v) is 5.85. The Balaban J connectivity index is 1.53. The van der Waals surface area contributed by atoms with Crippen LogP contribution in [0.3, 0.4) is 0 Å². The Hall–Kier alpha value is -2.74. The SMILES string of the molecule is COC(=O)C[C@@H]1COc2cc(O[C@@H]3CCc4c3cccc4[C@H](OC)C(F)(F)F)ccc21. The van der Waals surface area contributed by atoms with Crippen LogP contribution in [0.25, 0.3) is 0 Å². The van der Waals surface area contributed by atoms with Gasteiger partial charge in [0.15, 0.2) is 6.10 Å². The molecule has 1 aliphatic heterocycles. The molecule has 3 atom stereocenters. The number of esters is 1. The fraction of sp³-hybridized carbons (Fsp3) is 0.435. The summed E-state index contributed by atoms with van der Waals surface area (Å²) >= 11 is 0. The van der Waals surface area contributed by atoms with Crippen molar-refractivity contribution in [3.8, 4) is 11.5 Å². The lowest BCUT2D eigenvalue weighted by Crippen LogP contribution is -2.23. The standard InChI is InChI=1S/C23H23F3O5/c1-28-21(27)10-13-12-30-20-11-14(6-7-15(13)20)31-19-9-8-16-17(19)4-3-5-18(16)22(29-2)23(24,25)26/h3-7,11,13,19,22H,8-10,12H2,1-2H3/t13-,19-,22+/m1/s1. The highest BCUT2D eigenvalue weighted by Crippen LogP contribution is 2.44. The van der Waals surface area contributed by atoms with Crippen LogP contribution in [0.4, 0.5) is 13.2 Å². The van der Waals surface area contributed by atoms with Crippen LogP contribution < -0.4 is 9.47 Å². The van der Waals surface area contributed by atoms with Crippen molar-refractivity contribution in [3.05, 3.63) is 58.7 Å². The van der Waals surface area contributed by atoms with Crippen LogP contribution in [-0.4, -0.2) is 33.0 Å². The molecule has 0 amide bonds. The molecule has 1 heterocycles. The van der Waals surface area contributed by atoms with Crippen molar-refractivity contribution in [3.63, 3.8) is 0 Å². The first-order valence-electron chi connectivity index (χ1n) is 10.0. The Morgan fingerprint density at radius 2 is 2.00 bits per heavy atom. The van der Waals surface area contributed by atoms with Crippen LogP contribution in [-0.2, 0) is 20.7 Å². The molecular formula is C23H23F3O5. The first kappa shape index (κ1) is 21.5. The Bertz CT molecular complexity index is 972. The second-order valence-electron chi connectivity index (χ2n) is 7.71. The maximum atomic E-state index is 13.4. The molecule has 166 valence electrons. The molecule has 0 spiro atoms. The summed E-state index contributed by atoms with van der Waals surface area (Å²) in [6.07, 6.45) is -5.51. The molecule has 0 fully saturated rings. The van der Waals surface area contributed by atoms with Gasteiger partial charge in [-0.1, -0.05) is 24.3 Å². The van der Waals surface area contributed by atoms with E-state index in [-0.39, 0.29) is 30.0 Å². The van der Waals surface area contributed by atoms with Crippen molar-refractivity contribution in [2.24, 2.45) is 0 Å². The second kappa shape index (κ2) is 8.42. The molecule has 0 bridgehead atoms. The number of carbonyl (C=O) groups is 1. The van der Waals surface area contributed by atoms with Gasteiger partial charge in [0.2, 0.25) is 0 Å². The van der Waals surface area contributed by atoms with Gasteiger partial charge in [-0.2, -0.15) is 13.2 Å². The molecule has 1 aliphatic carbocycles. The third-order valence-electron chi connectivity index (χ3n) is 5.85. The van der Waals surface area contributed by atoms with Crippen LogP contribution >= 0.6 is 0 Å². The summed E-state index contributed by atoms with van der Waals surface area (Å²) in [7, 11) is 2.42. The Morgan fingerprint density at radius 1 is 1.19 bits per heavy atom. The minimum atomic E-state index is -4.49. The van der Waals surface area contributed by atoms with Gasteiger partial charge in [0, 0.05) is 24.7 Å². The first-order chi connectivity index (χ1) is 14.8. The fourth-order valence-corrected chi connectivity index (χ4v) is 4.40. The number of rotatable bonds is 6. The topological polar surface area (TPSA) is 54.0 Å². The van der Waals surface area contributed by atoms with Gasteiger partial charge in [-0.3, -0.25) is 4.79 Å². The van der Waals surface area contributed by atoms with E-state index in [1.165, 1.54) is 13.2 Å². The lowest BCUT2D eigenvalue weighted by atomic mass is 9.97. The minimum absolute atomic E-state index is 0.0698. The molecule has 2 aromatic carbocycles. The number of benzene rings is 2. The van der Waals surface area contributed by atoms with Gasteiger partial charge in [-0.05, 0) is 35.6 Å². The van der Waals surface area contributed by atoms with Gasteiger partial charge in [-0.15, -0.1) is 0 Å². The van der Waals surface area contributed by atoms with E-state index >= 15 is 0 Å². The van der Waals surface area contributed by atoms with Crippen LogP contribution in [0.1, 0.15) is 53.2 Å². The van der Waals surface area contributed by atoms with Gasteiger partial charge in [0.25, 0.3) is 0 Å². The maximum Gasteiger partial charge on any atom is 0.418 e. The van der Waals surface area contributed by atoms with Crippen LogP contribution in [0, 0.1) is 0 Å². The zero-order valence-corrected chi connectivity index (χ0v) is 17.2. The number of carbonyl (C=O) groups excluding carboxylic acids is 1. The Morgan fingerprint density at radius 3 is 2.71 bits per heavy atom. The zero-order valence-electron chi connectivity index (χ0n) is 17.2. The molecule has 0 aromatic heterocycles. The predicted octanol–water partition coefficient (Wildman–Crippen LogP) is 5.04. The van der Waals surface area contributed by atoms with Crippen molar-refractivity contribution in [2.45, 2.75) is 43.6 Å². The summed E-state index contributed by atoms with van der Waals surface area (Å²) < 4.78 is 61.5. The summed E-state index contributed by atoms with van der Waals surface area (Å²) in [6, 6.07) is 10.3. The molecule has 8 heteroatoms. The van der Waals surface area contributed by atoms with E-state index in [4.69, 9.17) is 18.9 Å². The maximum absolute atomic E-state index is 13.4. The number of halogens is 3. The monoisotopic (exact) mass is 436 g/mol. The number of fused-ring (bicyclic) bond motifs is 2. The number of hydrogen-bond donors (Lipinski definition) is 0. The van der Waals surface area contributed by atoms with Crippen molar-refractivity contribution in [2.75, 3.05) is 20.8 Å². The highest BCUT2D eigenvalue weighted by Gasteiger charge is 2.43. The van der Waals surface area contributed by atoms with Crippen LogP contribution in [0.2, 0.25) is 0 Å². The molecule has 2 aliphatic rings. The highest BCUT2D eigenvalue weighted by molar-refractivity contribution is 5.71. The van der Waals surface area contributed by atoms with Gasteiger partial charge >= 0.3 is 12.1 Å². The quantitative estimate of drug-likeness (QED) is 0.594. The average molecular weight is 436 g/mol. The molecule has 0 saturated carbocycles. The molecule has 4 rings (SSSR count). The van der Waals surface area contributed by atoms with Gasteiger partial charge in [0.05, 0.1) is 20.1 Å². The second-order valence-corrected chi connectivity index (χ2v) is 7.71. The van der Waals surface area contributed by atoms with Crippen molar-refractivity contribution < 1.29 is 36.9 Å². The van der Waals surface area contributed by atoms with E-state index in [0.717, 1.165) is 18.2 Å². The number of alkyl halides is 3. The van der Waals surface area contributed by atoms with Crippen molar-refractivity contribution >= 4 is 5.97 Å². The number of hydrogen-bond acceptors (Lipinski definition) is 5. The fourth-order valence-electron chi connectivity index (χ4n) is 4.40. The Kier molecular flexibility index (Phi) is 5.83. The molecule has 2 aromatic rings. The van der Waals surface area contributed by atoms with Gasteiger partial charge < -0.3 is 18.9 Å². The van der Waals surface area contributed by atoms with Crippen LogP contribution in [0.15, 0.2) is 36.4 Å². The Labute approximate surface area is 178 Å². The van der Waals surface area contributed by atoms with Crippen molar-refractivity contribution in [1.29, 1.82) is 0 Å². The van der Waals surface area contributed by atoms with E-state index in [9.17, 15) is 18.0 Å². The average Bonchev–Trinajstić information content (AvgIpc) is 3.32. The normalized spacial score (nSPS) is 20.5.